The van der Waals surface area contributed by atoms with Crippen molar-refractivity contribution in [3.8, 4) is 0 Å². The van der Waals surface area contributed by atoms with Crippen LogP contribution in [0, 0.1) is 26.1 Å². The minimum atomic E-state index is -0.431. The van der Waals surface area contributed by atoms with Crippen molar-refractivity contribution in [3.05, 3.63) is 85.5 Å². The molecule has 0 saturated heterocycles. The molecule has 2 aliphatic rings. The number of nitrogens with two attached hydrogens (primary N) is 1. The third kappa shape index (κ3) is 4.02. The number of rotatable bonds is 4. The molecule has 158 valence electrons. The molecule has 1 aliphatic heterocycles. The van der Waals surface area contributed by atoms with Crippen molar-refractivity contribution in [1.82, 2.24) is 5.01 Å². The number of allylic oxidation sites excluding steroid dienone is 1. The quantitative estimate of drug-likeness (QED) is 0.428. The van der Waals surface area contributed by atoms with E-state index in [4.69, 9.17) is 18.0 Å². The standard InChI is InChI=1S/C21H19N5O4S/c22-21(31)24-20(15-6-2-8-17(12-15)26(29)30)18-9-3-5-14(19(18)23-24)10-13-4-1-7-16(11-13)25(27)28/h1-2,4,6-8,10-12,18,20H,3,5,9H2,(H2,22,31)/b14-10+. The molecule has 2 unspecified atom stereocenters. The van der Waals surface area contributed by atoms with Crippen molar-refractivity contribution in [1.29, 1.82) is 0 Å². The Morgan fingerprint density at radius 1 is 1.13 bits per heavy atom. The van der Waals surface area contributed by atoms with Gasteiger partial charge in [0.1, 0.15) is 0 Å². The highest BCUT2D eigenvalue weighted by atomic mass is 32.1. The summed E-state index contributed by atoms with van der Waals surface area (Å²) < 4.78 is 0. The first-order valence-corrected chi connectivity index (χ1v) is 10.1. The van der Waals surface area contributed by atoms with Crippen LogP contribution in [0.5, 0.6) is 0 Å². The van der Waals surface area contributed by atoms with Crippen LogP contribution in [-0.2, 0) is 0 Å². The van der Waals surface area contributed by atoms with Crippen LogP contribution in [0.1, 0.15) is 36.4 Å². The highest BCUT2D eigenvalue weighted by molar-refractivity contribution is 7.80. The number of nitrogens with zero attached hydrogens (tertiary/aromatic N) is 4. The van der Waals surface area contributed by atoms with Crippen molar-refractivity contribution < 1.29 is 9.85 Å². The summed E-state index contributed by atoms with van der Waals surface area (Å²) in [6, 6.07) is 12.5. The lowest BCUT2D eigenvalue weighted by Gasteiger charge is -2.29. The molecule has 2 aromatic carbocycles. The zero-order valence-electron chi connectivity index (χ0n) is 16.4. The van der Waals surface area contributed by atoms with Gasteiger partial charge in [0, 0.05) is 30.2 Å². The molecule has 0 spiro atoms. The number of nitro groups is 2. The average Bonchev–Trinajstić information content (AvgIpc) is 3.15. The third-order valence-corrected chi connectivity index (χ3v) is 5.76. The molecular formula is C21H19N5O4S. The fourth-order valence-corrected chi connectivity index (χ4v) is 4.42. The van der Waals surface area contributed by atoms with E-state index in [1.807, 2.05) is 18.2 Å². The Morgan fingerprint density at radius 2 is 1.81 bits per heavy atom. The van der Waals surface area contributed by atoms with Gasteiger partial charge in [-0.3, -0.25) is 20.2 Å². The summed E-state index contributed by atoms with van der Waals surface area (Å²) in [7, 11) is 0. The Hall–Kier alpha value is -3.66. The predicted octanol–water partition coefficient (Wildman–Crippen LogP) is 4.34. The van der Waals surface area contributed by atoms with Crippen molar-refractivity contribution in [2.24, 2.45) is 16.8 Å². The van der Waals surface area contributed by atoms with Gasteiger partial charge in [-0.15, -0.1) is 0 Å². The van der Waals surface area contributed by atoms with Gasteiger partial charge in [0.25, 0.3) is 11.4 Å². The monoisotopic (exact) mass is 437 g/mol. The topological polar surface area (TPSA) is 128 Å². The van der Waals surface area contributed by atoms with E-state index in [1.54, 1.807) is 17.1 Å². The van der Waals surface area contributed by atoms with E-state index in [0.717, 1.165) is 36.1 Å². The normalized spacial score (nSPS) is 21.5. The molecule has 31 heavy (non-hydrogen) atoms. The lowest BCUT2D eigenvalue weighted by molar-refractivity contribution is -0.385. The lowest BCUT2D eigenvalue weighted by atomic mass is 9.77. The zero-order valence-corrected chi connectivity index (χ0v) is 17.2. The second-order valence-corrected chi connectivity index (χ2v) is 7.90. The number of non-ortho nitro benzene ring substituents is 2. The van der Waals surface area contributed by atoms with Gasteiger partial charge in [0.15, 0.2) is 5.11 Å². The summed E-state index contributed by atoms with van der Waals surface area (Å²) in [5.41, 5.74) is 9.20. The number of hydrazone groups is 1. The maximum absolute atomic E-state index is 11.3. The van der Waals surface area contributed by atoms with Crippen LogP contribution in [0.15, 0.2) is 59.2 Å². The van der Waals surface area contributed by atoms with Gasteiger partial charge in [-0.25, -0.2) is 5.01 Å². The maximum Gasteiger partial charge on any atom is 0.270 e. The van der Waals surface area contributed by atoms with Gasteiger partial charge in [-0.05, 0) is 54.3 Å². The van der Waals surface area contributed by atoms with E-state index in [0.29, 0.717) is 5.56 Å². The molecular weight excluding hydrogens is 418 g/mol. The smallest absolute Gasteiger partial charge is 0.270 e. The number of hydrogen-bond donors (Lipinski definition) is 1. The first-order valence-electron chi connectivity index (χ1n) is 9.72. The molecule has 1 heterocycles. The molecule has 1 saturated carbocycles. The highest BCUT2D eigenvalue weighted by Crippen LogP contribution is 2.44. The number of nitro benzene ring substituents is 2. The molecule has 0 amide bonds. The summed E-state index contributed by atoms with van der Waals surface area (Å²) in [4.78, 5) is 21.5. The van der Waals surface area contributed by atoms with Gasteiger partial charge in [0.05, 0.1) is 21.6 Å². The molecule has 0 radical (unpaired) electrons. The van der Waals surface area contributed by atoms with Crippen LogP contribution in [0.4, 0.5) is 11.4 Å². The van der Waals surface area contributed by atoms with E-state index in [1.165, 1.54) is 24.3 Å². The van der Waals surface area contributed by atoms with Gasteiger partial charge < -0.3 is 5.73 Å². The molecule has 1 aliphatic carbocycles. The van der Waals surface area contributed by atoms with Crippen molar-refractivity contribution in [3.63, 3.8) is 0 Å². The second-order valence-electron chi connectivity index (χ2n) is 7.49. The van der Waals surface area contributed by atoms with Crippen LogP contribution >= 0.6 is 12.2 Å². The first kappa shape index (κ1) is 20.6. The predicted molar refractivity (Wildman–Crippen MR) is 120 cm³/mol. The van der Waals surface area contributed by atoms with Crippen molar-refractivity contribution >= 4 is 40.5 Å². The fourth-order valence-electron chi connectivity index (χ4n) is 4.27. The van der Waals surface area contributed by atoms with Crippen LogP contribution in [0.3, 0.4) is 0 Å². The average molecular weight is 437 g/mol. The first-order chi connectivity index (χ1) is 14.8. The number of benzene rings is 2. The third-order valence-electron chi connectivity index (χ3n) is 5.57. The Kier molecular flexibility index (Phi) is 5.47. The van der Waals surface area contributed by atoms with Crippen molar-refractivity contribution in [2.45, 2.75) is 25.3 Å². The van der Waals surface area contributed by atoms with E-state index in [-0.39, 0.29) is 28.4 Å². The Morgan fingerprint density at radius 3 is 2.48 bits per heavy atom. The van der Waals surface area contributed by atoms with Crippen LogP contribution in [0.2, 0.25) is 0 Å². The van der Waals surface area contributed by atoms with E-state index in [9.17, 15) is 20.2 Å². The van der Waals surface area contributed by atoms with Gasteiger partial charge in [0.2, 0.25) is 0 Å². The molecule has 9 nitrogen and oxygen atoms in total. The fraction of sp³-hybridized carbons (Fsp3) is 0.238. The van der Waals surface area contributed by atoms with Crippen LogP contribution in [0.25, 0.3) is 6.08 Å². The summed E-state index contributed by atoms with van der Waals surface area (Å²) in [6.45, 7) is 0. The summed E-state index contributed by atoms with van der Waals surface area (Å²) >= 11 is 5.22. The number of thiocarbonyl (C=S) groups is 1. The Labute approximate surface area is 183 Å². The highest BCUT2D eigenvalue weighted by Gasteiger charge is 2.42. The SMILES string of the molecule is NC(=S)N1N=C2/C(=C/c3cccc([N+](=O)[O-])c3)CCCC2C1c1cccc([N+](=O)[O-])c1. The Bertz CT molecular complexity index is 1150. The molecule has 0 aromatic heterocycles. The lowest BCUT2D eigenvalue weighted by Crippen LogP contribution is -2.35. The zero-order chi connectivity index (χ0) is 22.1. The maximum atomic E-state index is 11.3. The molecule has 2 N–H and O–H groups in total. The largest absolute Gasteiger partial charge is 0.375 e. The number of hydrogen-bond acceptors (Lipinski definition) is 6. The minimum absolute atomic E-state index is 0.00277. The summed E-state index contributed by atoms with van der Waals surface area (Å²) in [5, 5.41) is 28.7. The summed E-state index contributed by atoms with van der Waals surface area (Å²) in [6.07, 6.45) is 4.40. The van der Waals surface area contributed by atoms with Gasteiger partial charge >= 0.3 is 0 Å². The van der Waals surface area contributed by atoms with Crippen molar-refractivity contribution in [2.75, 3.05) is 0 Å². The van der Waals surface area contributed by atoms with Crippen LogP contribution in [-0.4, -0.2) is 25.7 Å². The Balaban J connectivity index is 1.74. The van der Waals surface area contributed by atoms with E-state index >= 15 is 0 Å². The number of fused-ring (bicyclic) bond motifs is 1. The van der Waals surface area contributed by atoms with Gasteiger partial charge in [-0.2, -0.15) is 5.10 Å². The molecule has 2 aromatic rings. The molecule has 10 heteroatoms. The summed E-state index contributed by atoms with van der Waals surface area (Å²) in [5.74, 6) is -0.0396. The second kappa shape index (κ2) is 8.23. The van der Waals surface area contributed by atoms with Gasteiger partial charge in [-0.1, -0.05) is 24.3 Å². The van der Waals surface area contributed by atoms with Crippen LogP contribution < -0.4 is 5.73 Å². The minimum Gasteiger partial charge on any atom is -0.375 e. The molecule has 1 fully saturated rings. The van der Waals surface area contributed by atoms with E-state index < -0.39 is 9.85 Å². The molecule has 2 atom stereocenters. The van der Waals surface area contributed by atoms with E-state index in [2.05, 4.69) is 5.10 Å². The molecule has 4 rings (SSSR count). The molecule has 0 bridgehead atoms.